The number of aryl methyl sites for hydroxylation is 2. The summed E-state index contributed by atoms with van der Waals surface area (Å²) in [6, 6.07) is 4.16. The molecule has 2 unspecified atom stereocenters. The maximum absolute atomic E-state index is 13.5. The number of fused-ring (bicyclic) bond motifs is 2. The average molecular weight is 552 g/mol. The largest absolute Gasteiger partial charge is 0.344 e. The van der Waals surface area contributed by atoms with Gasteiger partial charge in [0.15, 0.2) is 0 Å². The molecule has 3 heterocycles. The van der Waals surface area contributed by atoms with Crippen molar-refractivity contribution in [1.29, 1.82) is 0 Å². The molecule has 7 nitrogen and oxygen atoms in total. The molecule has 3 N–H and O–H groups in total. The van der Waals surface area contributed by atoms with E-state index in [0.717, 1.165) is 6.54 Å². The van der Waals surface area contributed by atoms with Gasteiger partial charge in [0.25, 0.3) is 5.91 Å². The molecule has 2 aliphatic rings. The predicted molar refractivity (Wildman–Crippen MR) is 121 cm³/mol. The third-order valence-corrected chi connectivity index (χ3v) is 8.04. The molecule has 4 rings (SSSR count). The Hall–Kier alpha value is -1.15. The molecule has 0 bridgehead atoms. The zero-order chi connectivity index (χ0) is 20.1. The predicted octanol–water partition coefficient (Wildman–Crippen LogP) is 2.31. The van der Waals surface area contributed by atoms with Crippen LogP contribution in [0.1, 0.15) is 16.1 Å². The third-order valence-electron chi connectivity index (χ3n) is 5.11. The van der Waals surface area contributed by atoms with E-state index < -0.39 is 15.9 Å². The van der Waals surface area contributed by atoms with Crippen LogP contribution in [-0.4, -0.2) is 43.8 Å². The van der Waals surface area contributed by atoms with Crippen molar-refractivity contribution in [3.63, 3.8) is 0 Å². The Bertz CT molecular complexity index is 1060. The molecule has 1 aromatic heterocycles. The van der Waals surface area contributed by atoms with Crippen molar-refractivity contribution in [3.05, 3.63) is 41.5 Å². The van der Waals surface area contributed by atoms with Crippen LogP contribution in [0.2, 0.25) is 0 Å². The number of rotatable bonds is 2. The number of anilines is 1. The van der Waals surface area contributed by atoms with Gasteiger partial charge in [-0.1, -0.05) is 0 Å². The van der Waals surface area contributed by atoms with E-state index in [0.29, 0.717) is 28.4 Å². The quantitative estimate of drug-likeness (QED) is 0.498. The second-order valence-corrected chi connectivity index (χ2v) is 9.87. The number of nitrogens with one attached hydrogen (secondary N) is 3. The summed E-state index contributed by atoms with van der Waals surface area (Å²) in [5.74, 6) is 0.0741. The number of nitrogens with zero attached hydrogens (tertiary/aromatic N) is 1. The van der Waals surface area contributed by atoms with Crippen LogP contribution < -0.4 is 15.4 Å². The lowest BCUT2D eigenvalue weighted by molar-refractivity contribution is 0.101. The number of carbonyl (C=O) groups excluding carboxylic acids is 1. The highest BCUT2D eigenvalue weighted by Crippen LogP contribution is 2.36. The highest BCUT2D eigenvalue weighted by atomic mass is 127. The molecule has 11 heteroatoms. The standard InChI is InChI=1S/C18H21FN4O3S2.HI/c1-10-5-12(3-4-13(10)19)21-18(24)16-17-15(8-23(16)2)28(25,26)22-14-7-20-6-11(14)9-27-17;/h3-5,8,11,14,20,22H,6-7,9H2,1-2H3,(H,21,24);1H. The van der Waals surface area contributed by atoms with E-state index in [9.17, 15) is 17.6 Å². The Kier molecular flexibility index (Phi) is 6.63. The Morgan fingerprint density at radius 3 is 2.83 bits per heavy atom. The number of hydrogen-bond donors (Lipinski definition) is 3. The van der Waals surface area contributed by atoms with Crippen LogP contribution in [0.5, 0.6) is 0 Å². The summed E-state index contributed by atoms with van der Waals surface area (Å²) >= 11 is 1.39. The normalized spacial score (nSPS) is 22.6. The molecular formula is C18H22FIN4O3S2. The molecule has 29 heavy (non-hydrogen) atoms. The van der Waals surface area contributed by atoms with Gasteiger partial charge in [0, 0.05) is 43.8 Å². The minimum Gasteiger partial charge on any atom is -0.344 e. The van der Waals surface area contributed by atoms with Gasteiger partial charge >= 0.3 is 0 Å². The number of aromatic nitrogens is 1. The van der Waals surface area contributed by atoms with E-state index in [4.69, 9.17) is 0 Å². The number of sulfonamides is 1. The van der Waals surface area contributed by atoms with Gasteiger partial charge in [0.2, 0.25) is 10.0 Å². The minimum atomic E-state index is -3.74. The number of carbonyl (C=O) groups is 1. The number of hydrogen-bond acceptors (Lipinski definition) is 5. The number of thioether (sulfide) groups is 1. The monoisotopic (exact) mass is 552 g/mol. The van der Waals surface area contributed by atoms with E-state index >= 15 is 0 Å². The second kappa shape index (κ2) is 8.53. The van der Waals surface area contributed by atoms with E-state index in [2.05, 4.69) is 15.4 Å². The SMILES string of the molecule is Cc1cc(NC(=O)c2c3c(cn2C)S(=O)(=O)NC2CNCC2CS3)ccc1F.I. The van der Waals surface area contributed by atoms with Crippen molar-refractivity contribution in [3.8, 4) is 0 Å². The average Bonchev–Trinajstić information content (AvgIpc) is 3.18. The molecular weight excluding hydrogens is 530 g/mol. The van der Waals surface area contributed by atoms with Crippen molar-refractivity contribution in [2.45, 2.75) is 22.8 Å². The van der Waals surface area contributed by atoms with Crippen LogP contribution in [0.4, 0.5) is 10.1 Å². The summed E-state index contributed by atoms with van der Waals surface area (Å²) in [6.45, 7) is 2.95. The molecule has 2 aliphatic heterocycles. The highest BCUT2D eigenvalue weighted by molar-refractivity contribution is 14.0. The molecule has 1 fully saturated rings. The fourth-order valence-corrected chi connectivity index (χ4v) is 6.83. The second-order valence-electron chi connectivity index (χ2n) is 7.16. The molecule has 1 saturated heterocycles. The van der Waals surface area contributed by atoms with Crippen molar-refractivity contribution in [2.24, 2.45) is 13.0 Å². The van der Waals surface area contributed by atoms with E-state index in [1.165, 1.54) is 34.7 Å². The number of amides is 1. The summed E-state index contributed by atoms with van der Waals surface area (Å²) in [4.78, 5) is 13.5. The van der Waals surface area contributed by atoms with Crippen LogP contribution in [0.15, 0.2) is 34.2 Å². The molecule has 0 spiro atoms. The van der Waals surface area contributed by atoms with Gasteiger partial charge in [-0.25, -0.2) is 17.5 Å². The first-order chi connectivity index (χ1) is 13.3. The molecule has 0 saturated carbocycles. The number of benzene rings is 1. The lowest BCUT2D eigenvalue weighted by Gasteiger charge is -2.23. The highest BCUT2D eigenvalue weighted by Gasteiger charge is 2.37. The van der Waals surface area contributed by atoms with Gasteiger partial charge in [-0.15, -0.1) is 35.7 Å². The van der Waals surface area contributed by atoms with Crippen LogP contribution in [0, 0.1) is 18.7 Å². The van der Waals surface area contributed by atoms with Crippen LogP contribution >= 0.6 is 35.7 Å². The Morgan fingerprint density at radius 1 is 1.34 bits per heavy atom. The lowest BCUT2D eigenvalue weighted by atomic mass is 10.1. The van der Waals surface area contributed by atoms with Crippen LogP contribution in [0.25, 0.3) is 0 Å². The summed E-state index contributed by atoms with van der Waals surface area (Å²) in [6.07, 6.45) is 1.47. The van der Waals surface area contributed by atoms with Gasteiger partial charge in [0.05, 0.1) is 4.90 Å². The zero-order valence-corrected chi connectivity index (χ0v) is 19.8. The minimum absolute atomic E-state index is 0. The fourth-order valence-electron chi connectivity index (χ4n) is 3.58. The maximum atomic E-state index is 13.5. The zero-order valence-electron chi connectivity index (χ0n) is 15.9. The first-order valence-corrected chi connectivity index (χ1v) is 11.4. The van der Waals surface area contributed by atoms with Gasteiger partial charge in [-0.05, 0) is 36.6 Å². The lowest BCUT2D eigenvalue weighted by Crippen LogP contribution is -2.42. The summed E-state index contributed by atoms with van der Waals surface area (Å²) < 4.78 is 43.5. The van der Waals surface area contributed by atoms with Crippen LogP contribution in [0.3, 0.4) is 0 Å². The van der Waals surface area contributed by atoms with Gasteiger partial charge in [0.1, 0.15) is 16.4 Å². The number of halogens is 2. The smallest absolute Gasteiger partial charge is 0.273 e. The molecule has 2 atom stereocenters. The Balaban J connectivity index is 0.00000240. The fraction of sp³-hybridized carbons (Fsp3) is 0.389. The van der Waals surface area contributed by atoms with Crippen molar-refractivity contribution in [1.82, 2.24) is 14.6 Å². The molecule has 158 valence electrons. The van der Waals surface area contributed by atoms with Gasteiger partial charge < -0.3 is 15.2 Å². The van der Waals surface area contributed by atoms with Crippen molar-refractivity contribution in [2.75, 3.05) is 24.2 Å². The van der Waals surface area contributed by atoms with Gasteiger partial charge in [-0.2, -0.15) is 0 Å². The van der Waals surface area contributed by atoms with Gasteiger partial charge in [-0.3, -0.25) is 4.79 Å². The Morgan fingerprint density at radius 2 is 2.10 bits per heavy atom. The Labute approximate surface area is 190 Å². The summed E-state index contributed by atoms with van der Waals surface area (Å²) in [5, 5.41) is 5.96. The molecule has 1 amide bonds. The first-order valence-electron chi connectivity index (χ1n) is 8.89. The maximum Gasteiger partial charge on any atom is 0.273 e. The van der Waals surface area contributed by atoms with E-state index in [1.807, 2.05) is 0 Å². The van der Waals surface area contributed by atoms with Crippen molar-refractivity contribution >= 4 is 57.4 Å². The topological polar surface area (TPSA) is 92.2 Å². The summed E-state index contributed by atoms with van der Waals surface area (Å²) in [5.41, 5.74) is 1.15. The van der Waals surface area contributed by atoms with E-state index in [-0.39, 0.29) is 52.3 Å². The summed E-state index contributed by atoms with van der Waals surface area (Å²) in [7, 11) is -2.09. The molecule has 0 radical (unpaired) electrons. The third kappa shape index (κ3) is 4.33. The molecule has 0 aliphatic carbocycles. The molecule has 2 aromatic rings. The first kappa shape index (κ1) is 22.5. The van der Waals surface area contributed by atoms with Crippen molar-refractivity contribution < 1.29 is 17.6 Å². The van der Waals surface area contributed by atoms with Crippen LogP contribution in [-0.2, 0) is 17.1 Å². The van der Waals surface area contributed by atoms with E-state index in [1.54, 1.807) is 20.0 Å². The molecule has 1 aromatic carbocycles.